The molecule has 0 aliphatic carbocycles. The zero-order valence-electron chi connectivity index (χ0n) is 13.2. The molecular formula is C17H15F3N2O3. The fourth-order valence-electron chi connectivity index (χ4n) is 1.89. The molecule has 0 unspecified atom stereocenters. The summed E-state index contributed by atoms with van der Waals surface area (Å²) in [6.45, 7) is -0.319. The molecule has 1 N–H and O–H groups in total. The van der Waals surface area contributed by atoms with E-state index in [0.29, 0.717) is 11.5 Å². The molecule has 2 aromatic rings. The number of carbonyl (C=O) groups excluding carboxylic acids is 1. The maximum absolute atomic E-state index is 12.6. The molecule has 0 radical (unpaired) electrons. The molecule has 0 aliphatic heterocycles. The SMILES string of the molecule is COc1ccccc1OCC(=O)NN=Cc1cccc(C(F)(F)F)c1. The highest BCUT2D eigenvalue weighted by Crippen LogP contribution is 2.29. The van der Waals surface area contributed by atoms with Crippen LogP contribution in [0.25, 0.3) is 0 Å². The third-order valence-electron chi connectivity index (χ3n) is 3.04. The maximum Gasteiger partial charge on any atom is 0.416 e. The van der Waals surface area contributed by atoms with Gasteiger partial charge in [-0.2, -0.15) is 18.3 Å². The first-order valence-electron chi connectivity index (χ1n) is 7.15. The van der Waals surface area contributed by atoms with Gasteiger partial charge in [-0.1, -0.05) is 24.3 Å². The minimum Gasteiger partial charge on any atom is -0.493 e. The largest absolute Gasteiger partial charge is 0.493 e. The van der Waals surface area contributed by atoms with E-state index in [4.69, 9.17) is 9.47 Å². The van der Waals surface area contributed by atoms with Crippen LogP contribution in [-0.4, -0.2) is 25.8 Å². The first-order chi connectivity index (χ1) is 11.9. The van der Waals surface area contributed by atoms with Gasteiger partial charge < -0.3 is 9.47 Å². The summed E-state index contributed by atoms with van der Waals surface area (Å²) in [4.78, 5) is 11.7. The Balaban J connectivity index is 1.88. The number of alkyl halides is 3. The quantitative estimate of drug-likeness (QED) is 0.641. The van der Waals surface area contributed by atoms with Crippen molar-refractivity contribution in [1.82, 2.24) is 5.43 Å². The van der Waals surface area contributed by atoms with Crippen molar-refractivity contribution in [3.8, 4) is 11.5 Å². The number of halogens is 3. The second-order valence-electron chi connectivity index (χ2n) is 4.86. The van der Waals surface area contributed by atoms with Gasteiger partial charge in [0.15, 0.2) is 18.1 Å². The van der Waals surface area contributed by atoms with Gasteiger partial charge in [0.25, 0.3) is 5.91 Å². The van der Waals surface area contributed by atoms with Crippen molar-refractivity contribution in [2.45, 2.75) is 6.18 Å². The van der Waals surface area contributed by atoms with Crippen molar-refractivity contribution in [3.05, 3.63) is 59.7 Å². The highest BCUT2D eigenvalue weighted by molar-refractivity contribution is 5.83. The van der Waals surface area contributed by atoms with E-state index < -0.39 is 17.6 Å². The van der Waals surface area contributed by atoms with E-state index in [2.05, 4.69) is 10.5 Å². The Morgan fingerprint density at radius 2 is 1.88 bits per heavy atom. The van der Waals surface area contributed by atoms with Crippen LogP contribution in [-0.2, 0) is 11.0 Å². The van der Waals surface area contributed by atoms with Crippen molar-refractivity contribution < 1.29 is 27.4 Å². The summed E-state index contributed by atoms with van der Waals surface area (Å²) >= 11 is 0. The molecule has 25 heavy (non-hydrogen) atoms. The zero-order chi connectivity index (χ0) is 18.3. The molecule has 2 aromatic carbocycles. The number of carbonyl (C=O) groups is 1. The van der Waals surface area contributed by atoms with Crippen LogP contribution in [0.5, 0.6) is 11.5 Å². The van der Waals surface area contributed by atoms with Crippen molar-refractivity contribution in [1.29, 1.82) is 0 Å². The molecule has 0 heterocycles. The minimum absolute atomic E-state index is 0.209. The first-order valence-corrected chi connectivity index (χ1v) is 7.15. The number of methoxy groups -OCH3 is 1. The molecule has 8 heteroatoms. The molecule has 0 aliphatic rings. The highest BCUT2D eigenvalue weighted by Gasteiger charge is 2.30. The molecule has 2 rings (SSSR count). The fraction of sp³-hybridized carbons (Fsp3) is 0.176. The number of nitrogens with one attached hydrogen (secondary N) is 1. The number of hydrogen-bond donors (Lipinski definition) is 1. The van der Waals surface area contributed by atoms with Crippen molar-refractivity contribution in [3.63, 3.8) is 0 Å². The normalized spacial score (nSPS) is 11.4. The summed E-state index contributed by atoms with van der Waals surface area (Å²) in [6, 6.07) is 11.4. The van der Waals surface area contributed by atoms with Crippen molar-refractivity contribution >= 4 is 12.1 Å². The van der Waals surface area contributed by atoms with Gasteiger partial charge in [0.05, 0.1) is 18.9 Å². The summed E-state index contributed by atoms with van der Waals surface area (Å²) in [6.07, 6.45) is -3.31. The number of hydrazone groups is 1. The molecule has 5 nitrogen and oxygen atoms in total. The van der Waals surface area contributed by atoms with Crippen LogP contribution in [0.1, 0.15) is 11.1 Å². The third kappa shape index (κ3) is 5.52. The Labute approximate surface area is 142 Å². The van der Waals surface area contributed by atoms with Gasteiger partial charge >= 0.3 is 6.18 Å². The summed E-state index contributed by atoms with van der Waals surface area (Å²) in [7, 11) is 1.47. The lowest BCUT2D eigenvalue weighted by molar-refractivity contribution is -0.137. The minimum atomic E-state index is -4.43. The molecule has 132 valence electrons. The van der Waals surface area contributed by atoms with Crippen LogP contribution in [0.4, 0.5) is 13.2 Å². The average molecular weight is 352 g/mol. The maximum atomic E-state index is 12.6. The number of para-hydroxylation sites is 2. The summed E-state index contributed by atoms with van der Waals surface area (Å²) in [5.74, 6) is 0.305. The first kappa shape index (κ1) is 18.3. The van der Waals surface area contributed by atoms with Gasteiger partial charge in [-0.05, 0) is 29.8 Å². The summed E-state index contributed by atoms with van der Waals surface area (Å²) < 4.78 is 48.2. The Kier molecular flexibility index (Phi) is 5.99. The molecule has 0 fully saturated rings. The molecule has 1 amide bonds. The predicted molar refractivity (Wildman–Crippen MR) is 85.7 cm³/mol. The topological polar surface area (TPSA) is 59.9 Å². The number of nitrogens with zero attached hydrogens (tertiary/aromatic N) is 1. The van der Waals surface area contributed by atoms with Crippen LogP contribution < -0.4 is 14.9 Å². The van der Waals surface area contributed by atoms with E-state index in [1.165, 1.54) is 19.2 Å². The molecule has 0 atom stereocenters. The van der Waals surface area contributed by atoms with E-state index in [9.17, 15) is 18.0 Å². The zero-order valence-corrected chi connectivity index (χ0v) is 13.2. The highest BCUT2D eigenvalue weighted by atomic mass is 19.4. The van der Waals surface area contributed by atoms with Gasteiger partial charge in [-0.3, -0.25) is 4.79 Å². The lowest BCUT2D eigenvalue weighted by Gasteiger charge is -2.09. The Hall–Kier alpha value is -3.03. The molecule has 0 bridgehead atoms. The lowest BCUT2D eigenvalue weighted by atomic mass is 10.1. The molecular weight excluding hydrogens is 337 g/mol. The number of amides is 1. The monoisotopic (exact) mass is 352 g/mol. The van der Waals surface area contributed by atoms with E-state index in [1.807, 2.05) is 0 Å². The lowest BCUT2D eigenvalue weighted by Crippen LogP contribution is -2.24. The van der Waals surface area contributed by atoms with Crippen molar-refractivity contribution in [2.75, 3.05) is 13.7 Å². The average Bonchev–Trinajstić information content (AvgIpc) is 2.59. The molecule has 0 aromatic heterocycles. The van der Waals surface area contributed by atoms with Crippen LogP contribution in [0.2, 0.25) is 0 Å². The third-order valence-corrected chi connectivity index (χ3v) is 3.04. The van der Waals surface area contributed by atoms with Crippen LogP contribution >= 0.6 is 0 Å². The Bertz CT molecular complexity index is 761. The predicted octanol–water partition coefficient (Wildman–Crippen LogP) is 3.24. The molecule has 0 spiro atoms. The number of rotatable bonds is 6. The second-order valence-corrected chi connectivity index (χ2v) is 4.86. The van der Waals surface area contributed by atoms with Gasteiger partial charge in [0.1, 0.15) is 0 Å². The fourth-order valence-corrected chi connectivity index (χ4v) is 1.89. The van der Waals surface area contributed by atoms with E-state index in [1.54, 1.807) is 24.3 Å². The van der Waals surface area contributed by atoms with Gasteiger partial charge in [-0.25, -0.2) is 5.43 Å². The Morgan fingerprint density at radius 3 is 2.56 bits per heavy atom. The molecule has 0 saturated carbocycles. The summed E-state index contributed by atoms with van der Waals surface area (Å²) in [5, 5.41) is 3.62. The Morgan fingerprint density at radius 1 is 1.16 bits per heavy atom. The van der Waals surface area contributed by atoms with Crippen LogP contribution in [0, 0.1) is 0 Å². The van der Waals surface area contributed by atoms with Gasteiger partial charge in [0, 0.05) is 0 Å². The van der Waals surface area contributed by atoms with Gasteiger partial charge in [-0.15, -0.1) is 0 Å². The van der Waals surface area contributed by atoms with E-state index >= 15 is 0 Å². The summed E-state index contributed by atoms with van der Waals surface area (Å²) in [5.41, 5.74) is 1.60. The number of benzene rings is 2. The van der Waals surface area contributed by atoms with Crippen LogP contribution in [0.3, 0.4) is 0 Å². The van der Waals surface area contributed by atoms with E-state index in [0.717, 1.165) is 18.3 Å². The van der Waals surface area contributed by atoms with Crippen molar-refractivity contribution in [2.24, 2.45) is 5.10 Å². The van der Waals surface area contributed by atoms with Crippen LogP contribution in [0.15, 0.2) is 53.6 Å². The second kappa shape index (κ2) is 8.18. The molecule has 0 saturated heterocycles. The number of ether oxygens (including phenoxy) is 2. The van der Waals surface area contributed by atoms with E-state index in [-0.39, 0.29) is 12.2 Å². The standard InChI is InChI=1S/C17H15F3N2O3/c1-24-14-7-2-3-8-15(14)25-11-16(23)22-21-10-12-5-4-6-13(9-12)17(18,19)20/h2-10H,11H2,1H3,(H,22,23). The number of hydrogen-bond acceptors (Lipinski definition) is 4. The van der Waals surface area contributed by atoms with Gasteiger partial charge in [0.2, 0.25) is 0 Å². The smallest absolute Gasteiger partial charge is 0.416 e.